The van der Waals surface area contributed by atoms with Gasteiger partial charge in [0.1, 0.15) is 0 Å². The average molecular weight is 404 g/mol. The van der Waals surface area contributed by atoms with E-state index in [1.165, 1.54) is 11.8 Å². The Morgan fingerprint density at radius 3 is 2.55 bits per heavy atom. The summed E-state index contributed by atoms with van der Waals surface area (Å²) in [5.41, 5.74) is 4.68. The van der Waals surface area contributed by atoms with Gasteiger partial charge in [0.2, 0.25) is 11.1 Å². The molecule has 2 aromatic heterocycles. The van der Waals surface area contributed by atoms with Gasteiger partial charge in [-0.15, -0.1) is 5.10 Å². The van der Waals surface area contributed by atoms with Crippen molar-refractivity contribution in [2.45, 2.75) is 31.2 Å². The van der Waals surface area contributed by atoms with Crippen LogP contribution in [-0.2, 0) is 4.79 Å². The van der Waals surface area contributed by atoms with Gasteiger partial charge in [-0.05, 0) is 38.5 Å². The average Bonchev–Trinajstić information content (AvgIpc) is 3.11. The predicted molar refractivity (Wildman–Crippen MR) is 116 cm³/mol. The highest BCUT2D eigenvalue weighted by Crippen LogP contribution is 2.29. The lowest BCUT2D eigenvalue weighted by Gasteiger charge is -2.14. The van der Waals surface area contributed by atoms with Crippen molar-refractivity contribution in [1.29, 1.82) is 0 Å². The van der Waals surface area contributed by atoms with Gasteiger partial charge >= 0.3 is 0 Å². The summed E-state index contributed by atoms with van der Waals surface area (Å²) in [6.07, 6.45) is 0. The summed E-state index contributed by atoms with van der Waals surface area (Å²) in [5, 5.41) is 7.69. The smallest absolute Gasteiger partial charge is 0.253 e. The summed E-state index contributed by atoms with van der Waals surface area (Å²) in [7, 11) is 0. The first-order valence-corrected chi connectivity index (χ1v) is 10.2. The molecule has 1 N–H and O–H groups in total. The van der Waals surface area contributed by atoms with Gasteiger partial charge in [0, 0.05) is 22.6 Å². The number of fused-ring (bicyclic) bond motifs is 1. The van der Waals surface area contributed by atoms with Gasteiger partial charge in [-0.1, -0.05) is 60.3 Å². The molecule has 2 aromatic carbocycles. The van der Waals surface area contributed by atoms with E-state index in [9.17, 15) is 4.79 Å². The van der Waals surface area contributed by atoms with Crippen molar-refractivity contribution in [2.24, 2.45) is 0 Å². The van der Waals surface area contributed by atoms with Crippen LogP contribution in [0.25, 0.3) is 16.9 Å². The quantitative estimate of drug-likeness (QED) is 0.496. The first-order chi connectivity index (χ1) is 14.0. The van der Waals surface area contributed by atoms with E-state index >= 15 is 0 Å². The molecule has 1 unspecified atom stereocenters. The molecule has 2 heterocycles. The minimum atomic E-state index is -0.363. The molecule has 0 aliphatic heterocycles. The minimum Gasteiger partial charge on any atom is -0.325 e. The number of anilines is 1. The summed E-state index contributed by atoms with van der Waals surface area (Å²) in [4.78, 5) is 21.7. The van der Waals surface area contributed by atoms with Crippen molar-refractivity contribution in [1.82, 2.24) is 19.6 Å². The molecule has 6 nitrogen and oxygen atoms in total. The number of aromatic nitrogens is 4. The van der Waals surface area contributed by atoms with Crippen molar-refractivity contribution in [3.8, 4) is 11.1 Å². The molecule has 0 aliphatic rings. The zero-order valence-corrected chi connectivity index (χ0v) is 17.3. The second-order valence-electron chi connectivity index (χ2n) is 6.81. The van der Waals surface area contributed by atoms with E-state index in [4.69, 9.17) is 0 Å². The van der Waals surface area contributed by atoms with Crippen LogP contribution < -0.4 is 5.32 Å². The van der Waals surface area contributed by atoms with Crippen LogP contribution in [-0.4, -0.2) is 30.7 Å². The Morgan fingerprint density at radius 1 is 1.03 bits per heavy atom. The number of aryl methyl sites for hydroxylation is 2. The van der Waals surface area contributed by atoms with Gasteiger partial charge in [-0.3, -0.25) is 4.79 Å². The Kier molecular flexibility index (Phi) is 5.31. The molecular weight excluding hydrogens is 382 g/mol. The Morgan fingerprint density at radius 2 is 1.76 bits per heavy atom. The number of carbonyl (C=O) groups is 1. The minimum absolute atomic E-state index is 0.0990. The fraction of sp³-hybridized carbons (Fsp3) is 0.182. The first-order valence-electron chi connectivity index (χ1n) is 9.34. The second-order valence-corrected chi connectivity index (χ2v) is 8.11. The topological polar surface area (TPSA) is 72.2 Å². The number of rotatable bonds is 5. The molecule has 7 heteroatoms. The lowest BCUT2D eigenvalue weighted by Crippen LogP contribution is -2.22. The molecule has 1 atom stereocenters. The summed E-state index contributed by atoms with van der Waals surface area (Å²) < 4.78 is 1.70. The maximum Gasteiger partial charge on any atom is 0.253 e. The summed E-state index contributed by atoms with van der Waals surface area (Å²) in [5.74, 6) is 0.449. The highest BCUT2D eigenvalue weighted by molar-refractivity contribution is 8.00. The van der Waals surface area contributed by atoms with Crippen LogP contribution in [0, 0.1) is 13.8 Å². The highest BCUT2D eigenvalue weighted by atomic mass is 32.2. The number of benzene rings is 2. The van der Waals surface area contributed by atoms with Gasteiger partial charge < -0.3 is 5.32 Å². The summed E-state index contributed by atoms with van der Waals surface area (Å²) >= 11 is 1.32. The SMILES string of the molecule is Cc1cc(C)n2nc(SC(C)C(=O)Nc3ccccc3-c3ccccc3)nc2n1. The van der Waals surface area contributed by atoms with Crippen LogP contribution >= 0.6 is 11.8 Å². The molecule has 4 rings (SSSR count). The first kappa shape index (κ1) is 19.1. The third kappa shape index (κ3) is 4.14. The Labute approximate surface area is 173 Å². The van der Waals surface area contributed by atoms with Crippen molar-refractivity contribution in [3.05, 3.63) is 72.1 Å². The number of carbonyl (C=O) groups excluding carboxylic acids is 1. The van der Waals surface area contributed by atoms with Gasteiger partial charge in [0.05, 0.1) is 5.25 Å². The highest BCUT2D eigenvalue weighted by Gasteiger charge is 2.19. The van der Waals surface area contributed by atoms with E-state index in [-0.39, 0.29) is 11.2 Å². The number of thioether (sulfide) groups is 1. The molecule has 0 saturated carbocycles. The summed E-state index contributed by atoms with van der Waals surface area (Å²) in [6.45, 7) is 5.73. The predicted octanol–water partition coefficient (Wildman–Crippen LogP) is 4.53. The number of amides is 1. The van der Waals surface area contributed by atoms with Gasteiger partial charge in [-0.2, -0.15) is 4.98 Å². The standard InChI is InChI=1S/C22H21N5OS/c1-14-13-15(2)27-21(23-14)25-22(26-27)29-16(3)20(28)24-19-12-8-7-11-18(19)17-9-5-4-6-10-17/h4-13,16H,1-3H3,(H,24,28). The molecule has 0 aliphatic carbocycles. The maximum atomic E-state index is 12.8. The van der Waals surface area contributed by atoms with Crippen LogP contribution in [0.1, 0.15) is 18.3 Å². The van der Waals surface area contributed by atoms with Crippen molar-refractivity contribution in [3.63, 3.8) is 0 Å². The summed E-state index contributed by atoms with van der Waals surface area (Å²) in [6, 6.07) is 19.8. The maximum absolute atomic E-state index is 12.8. The largest absolute Gasteiger partial charge is 0.325 e. The van der Waals surface area contributed by atoms with Crippen LogP contribution in [0.2, 0.25) is 0 Å². The zero-order chi connectivity index (χ0) is 20.4. The number of para-hydroxylation sites is 1. The van der Waals surface area contributed by atoms with Crippen molar-refractivity contribution < 1.29 is 4.79 Å². The van der Waals surface area contributed by atoms with E-state index in [0.29, 0.717) is 10.9 Å². The number of hydrogen-bond acceptors (Lipinski definition) is 5. The molecule has 0 saturated heterocycles. The molecule has 0 bridgehead atoms. The number of nitrogens with zero attached hydrogens (tertiary/aromatic N) is 4. The Hall–Kier alpha value is -3.19. The molecule has 4 aromatic rings. The third-order valence-electron chi connectivity index (χ3n) is 4.52. The second kappa shape index (κ2) is 8.05. The number of nitrogens with one attached hydrogen (secondary N) is 1. The van der Waals surface area contributed by atoms with E-state index < -0.39 is 0 Å². The Balaban J connectivity index is 1.52. The molecule has 0 radical (unpaired) electrons. The van der Waals surface area contributed by atoms with Crippen LogP contribution in [0.5, 0.6) is 0 Å². The van der Waals surface area contributed by atoms with Gasteiger partial charge in [0.25, 0.3) is 5.78 Å². The van der Waals surface area contributed by atoms with E-state index in [1.54, 1.807) is 4.52 Å². The lowest BCUT2D eigenvalue weighted by atomic mass is 10.0. The monoisotopic (exact) mass is 403 g/mol. The molecular formula is C22H21N5OS. The van der Waals surface area contributed by atoms with Gasteiger partial charge in [-0.25, -0.2) is 9.50 Å². The third-order valence-corrected chi connectivity index (χ3v) is 5.47. The molecule has 146 valence electrons. The fourth-order valence-corrected chi connectivity index (χ4v) is 3.85. The van der Waals surface area contributed by atoms with Crippen LogP contribution in [0.3, 0.4) is 0 Å². The van der Waals surface area contributed by atoms with Crippen molar-refractivity contribution >= 4 is 29.1 Å². The molecule has 1 amide bonds. The van der Waals surface area contributed by atoms with Crippen LogP contribution in [0.15, 0.2) is 65.8 Å². The Bertz CT molecular complexity index is 1170. The van der Waals surface area contributed by atoms with Crippen LogP contribution in [0.4, 0.5) is 5.69 Å². The van der Waals surface area contributed by atoms with Crippen molar-refractivity contribution in [2.75, 3.05) is 5.32 Å². The molecule has 0 spiro atoms. The van der Waals surface area contributed by atoms with E-state index in [1.807, 2.05) is 81.4 Å². The lowest BCUT2D eigenvalue weighted by molar-refractivity contribution is -0.115. The molecule has 0 fully saturated rings. The van der Waals surface area contributed by atoms with Gasteiger partial charge in [0.15, 0.2) is 0 Å². The van der Waals surface area contributed by atoms with E-state index in [2.05, 4.69) is 20.4 Å². The zero-order valence-electron chi connectivity index (χ0n) is 16.5. The normalized spacial score (nSPS) is 12.1. The fourth-order valence-electron chi connectivity index (χ4n) is 3.11. The molecule has 29 heavy (non-hydrogen) atoms. The number of hydrogen-bond donors (Lipinski definition) is 1. The van der Waals surface area contributed by atoms with E-state index in [0.717, 1.165) is 28.2 Å².